The molecule has 0 saturated heterocycles. The molecule has 158 valence electrons. The van der Waals surface area contributed by atoms with Gasteiger partial charge in [-0.1, -0.05) is 36.4 Å². The summed E-state index contributed by atoms with van der Waals surface area (Å²) in [7, 11) is 0. The first kappa shape index (κ1) is 20.3. The molecule has 1 heterocycles. The number of halogens is 2. The summed E-state index contributed by atoms with van der Waals surface area (Å²) in [6.45, 7) is 0.214. The first-order chi connectivity index (χ1) is 15.1. The minimum absolute atomic E-state index is 0.147. The molecular formula is C23H20F2N4O2. The number of carbonyl (C=O) groups is 1. The van der Waals surface area contributed by atoms with Gasteiger partial charge in [0.15, 0.2) is 5.82 Å². The fraction of sp³-hybridized carbons (Fsp3) is 0.130. The maximum absolute atomic E-state index is 13.8. The summed E-state index contributed by atoms with van der Waals surface area (Å²) in [6.07, 6.45) is 0.708. The number of aromatic amines is 1. The van der Waals surface area contributed by atoms with Crippen LogP contribution in [0.3, 0.4) is 0 Å². The topological polar surface area (TPSA) is 79.0 Å². The molecule has 4 aromatic rings. The molecule has 8 heteroatoms. The van der Waals surface area contributed by atoms with Gasteiger partial charge in [-0.15, -0.1) is 0 Å². The van der Waals surface area contributed by atoms with Gasteiger partial charge < -0.3 is 10.1 Å². The Hall–Kier alpha value is -3.94. The molecule has 0 aliphatic rings. The molecule has 0 saturated carbocycles. The van der Waals surface area contributed by atoms with E-state index < -0.39 is 11.6 Å². The second-order valence-corrected chi connectivity index (χ2v) is 6.88. The molecule has 6 nitrogen and oxygen atoms in total. The van der Waals surface area contributed by atoms with Crippen molar-refractivity contribution >= 4 is 22.8 Å². The summed E-state index contributed by atoms with van der Waals surface area (Å²) in [5.74, 6) is -0.614. The number of fused-ring (bicyclic) bond motifs is 1. The van der Waals surface area contributed by atoms with Gasteiger partial charge in [-0.3, -0.25) is 10.4 Å². The first-order valence-corrected chi connectivity index (χ1v) is 9.73. The first-order valence-electron chi connectivity index (χ1n) is 9.73. The Kier molecular flexibility index (Phi) is 6.07. The van der Waals surface area contributed by atoms with Crippen molar-refractivity contribution in [3.8, 4) is 5.75 Å². The SMILES string of the molecule is O=C(NCCc1ccccc1)Nc1n[nH]c2ccc(OCc3c(F)cccc3F)cc12. The lowest BCUT2D eigenvalue weighted by molar-refractivity contribution is 0.252. The van der Waals surface area contributed by atoms with E-state index in [1.54, 1.807) is 18.2 Å². The van der Waals surface area contributed by atoms with Crippen molar-refractivity contribution < 1.29 is 18.3 Å². The van der Waals surface area contributed by atoms with Gasteiger partial charge in [0.25, 0.3) is 0 Å². The highest BCUT2D eigenvalue weighted by Crippen LogP contribution is 2.26. The molecule has 4 rings (SSSR count). The summed E-state index contributed by atoms with van der Waals surface area (Å²) in [5.41, 5.74) is 1.66. The number of nitrogens with zero attached hydrogens (tertiary/aromatic N) is 1. The van der Waals surface area contributed by atoms with Gasteiger partial charge in [0, 0.05) is 11.9 Å². The highest BCUT2D eigenvalue weighted by atomic mass is 19.1. The van der Waals surface area contributed by atoms with Gasteiger partial charge in [-0.2, -0.15) is 5.10 Å². The van der Waals surface area contributed by atoms with Crippen LogP contribution in [0.2, 0.25) is 0 Å². The Morgan fingerprint density at radius 2 is 1.77 bits per heavy atom. The quantitative estimate of drug-likeness (QED) is 0.401. The fourth-order valence-electron chi connectivity index (χ4n) is 3.12. The number of benzene rings is 3. The third-order valence-electron chi connectivity index (χ3n) is 4.75. The summed E-state index contributed by atoms with van der Waals surface area (Å²) >= 11 is 0. The predicted molar refractivity (Wildman–Crippen MR) is 114 cm³/mol. The molecule has 0 atom stereocenters. The number of urea groups is 1. The lowest BCUT2D eigenvalue weighted by Gasteiger charge is -2.09. The average molecular weight is 422 g/mol. The molecule has 3 aromatic carbocycles. The van der Waals surface area contributed by atoms with Gasteiger partial charge in [0.1, 0.15) is 24.0 Å². The monoisotopic (exact) mass is 422 g/mol. The Bertz CT molecular complexity index is 1170. The van der Waals surface area contributed by atoms with Crippen LogP contribution in [-0.2, 0) is 13.0 Å². The molecule has 0 aliphatic carbocycles. The van der Waals surface area contributed by atoms with E-state index in [0.29, 0.717) is 35.4 Å². The number of amides is 2. The number of hydrogen-bond donors (Lipinski definition) is 3. The van der Waals surface area contributed by atoms with Crippen LogP contribution >= 0.6 is 0 Å². The van der Waals surface area contributed by atoms with E-state index in [1.165, 1.54) is 18.2 Å². The number of nitrogens with one attached hydrogen (secondary N) is 3. The van der Waals surface area contributed by atoms with E-state index in [0.717, 1.165) is 5.56 Å². The lowest BCUT2D eigenvalue weighted by Crippen LogP contribution is -2.30. The fourth-order valence-corrected chi connectivity index (χ4v) is 3.12. The number of anilines is 1. The van der Waals surface area contributed by atoms with E-state index >= 15 is 0 Å². The standard InChI is InChI=1S/C23H20F2N4O2/c24-19-7-4-8-20(25)18(19)14-31-16-9-10-21-17(13-16)22(29-28-21)27-23(30)26-12-11-15-5-2-1-3-6-15/h1-10,13H,11-12,14H2,(H3,26,27,28,29,30). The van der Waals surface area contributed by atoms with Crippen LogP contribution in [0, 0.1) is 11.6 Å². The second-order valence-electron chi connectivity index (χ2n) is 6.88. The van der Waals surface area contributed by atoms with Crippen molar-refractivity contribution in [2.24, 2.45) is 0 Å². The van der Waals surface area contributed by atoms with E-state index in [1.807, 2.05) is 30.3 Å². The number of rotatable bonds is 7. The van der Waals surface area contributed by atoms with E-state index in [-0.39, 0.29) is 18.2 Å². The van der Waals surface area contributed by atoms with Crippen LogP contribution < -0.4 is 15.4 Å². The molecule has 3 N–H and O–H groups in total. The van der Waals surface area contributed by atoms with Gasteiger partial charge in [-0.25, -0.2) is 13.6 Å². The molecule has 31 heavy (non-hydrogen) atoms. The summed E-state index contributed by atoms with van der Waals surface area (Å²) in [4.78, 5) is 12.2. The minimum Gasteiger partial charge on any atom is -0.489 e. The minimum atomic E-state index is -0.668. The number of ether oxygens (including phenoxy) is 1. The Morgan fingerprint density at radius 1 is 1.00 bits per heavy atom. The Labute approximate surface area is 177 Å². The molecule has 0 aliphatic heterocycles. The van der Waals surface area contributed by atoms with Gasteiger partial charge in [-0.05, 0) is 42.3 Å². The van der Waals surface area contributed by atoms with Crippen molar-refractivity contribution in [1.29, 1.82) is 0 Å². The smallest absolute Gasteiger partial charge is 0.320 e. The van der Waals surface area contributed by atoms with Crippen LogP contribution in [0.25, 0.3) is 10.9 Å². The van der Waals surface area contributed by atoms with E-state index in [2.05, 4.69) is 20.8 Å². The summed E-state index contributed by atoms with van der Waals surface area (Å²) in [6, 6.07) is 18.1. The van der Waals surface area contributed by atoms with Gasteiger partial charge >= 0.3 is 6.03 Å². The second kappa shape index (κ2) is 9.25. The zero-order valence-electron chi connectivity index (χ0n) is 16.5. The molecule has 1 aromatic heterocycles. The summed E-state index contributed by atoms with van der Waals surface area (Å²) in [5, 5.41) is 13.1. The average Bonchev–Trinajstić information content (AvgIpc) is 3.16. The van der Waals surface area contributed by atoms with Gasteiger partial charge in [0.05, 0.1) is 11.1 Å². The zero-order chi connectivity index (χ0) is 21.6. The molecule has 2 amide bonds. The normalized spacial score (nSPS) is 10.8. The number of aromatic nitrogens is 2. The molecule has 0 spiro atoms. The number of H-pyrrole nitrogens is 1. The third kappa shape index (κ3) is 4.98. The van der Waals surface area contributed by atoms with Crippen LogP contribution in [0.5, 0.6) is 5.75 Å². The highest BCUT2D eigenvalue weighted by molar-refractivity contribution is 5.99. The maximum Gasteiger partial charge on any atom is 0.320 e. The largest absolute Gasteiger partial charge is 0.489 e. The van der Waals surface area contributed by atoms with Crippen LogP contribution in [0.1, 0.15) is 11.1 Å². The molecule has 0 radical (unpaired) electrons. The lowest BCUT2D eigenvalue weighted by atomic mass is 10.1. The Balaban J connectivity index is 1.39. The van der Waals surface area contributed by atoms with Crippen molar-refractivity contribution in [1.82, 2.24) is 15.5 Å². The number of carbonyl (C=O) groups excluding carboxylic acids is 1. The van der Waals surface area contributed by atoms with Gasteiger partial charge in [0.2, 0.25) is 0 Å². The Morgan fingerprint density at radius 3 is 2.55 bits per heavy atom. The summed E-state index contributed by atoms with van der Waals surface area (Å²) < 4.78 is 33.1. The molecule has 0 bridgehead atoms. The van der Waals surface area contributed by atoms with Crippen molar-refractivity contribution in [2.45, 2.75) is 13.0 Å². The van der Waals surface area contributed by atoms with E-state index in [9.17, 15) is 13.6 Å². The molecule has 0 fully saturated rings. The molecule has 0 unspecified atom stereocenters. The van der Waals surface area contributed by atoms with Crippen molar-refractivity contribution in [3.05, 3.63) is 89.5 Å². The maximum atomic E-state index is 13.8. The predicted octanol–water partition coefficient (Wildman–Crippen LogP) is 4.78. The van der Waals surface area contributed by atoms with E-state index in [4.69, 9.17) is 4.74 Å². The van der Waals surface area contributed by atoms with Crippen molar-refractivity contribution in [2.75, 3.05) is 11.9 Å². The zero-order valence-corrected chi connectivity index (χ0v) is 16.5. The number of hydrogen-bond acceptors (Lipinski definition) is 3. The third-order valence-corrected chi connectivity index (χ3v) is 4.75. The highest BCUT2D eigenvalue weighted by Gasteiger charge is 2.12. The van der Waals surface area contributed by atoms with Crippen LogP contribution in [-0.4, -0.2) is 22.8 Å². The van der Waals surface area contributed by atoms with Crippen molar-refractivity contribution in [3.63, 3.8) is 0 Å². The van der Waals surface area contributed by atoms with Crippen LogP contribution in [0.4, 0.5) is 19.4 Å². The molecular weight excluding hydrogens is 402 g/mol. The van der Waals surface area contributed by atoms with Crippen LogP contribution in [0.15, 0.2) is 66.7 Å².